The monoisotopic (exact) mass is 248 g/mol. The summed E-state index contributed by atoms with van der Waals surface area (Å²) in [7, 11) is 0. The van der Waals surface area contributed by atoms with Crippen LogP contribution in [0.2, 0.25) is 0 Å². The lowest BCUT2D eigenvalue weighted by Crippen LogP contribution is -2.48. The van der Waals surface area contributed by atoms with Gasteiger partial charge in [-0.2, -0.15) is 11.8 Å². The number of amides is 2. The summed E-state index contributed by atoms with van der Waals surface area (Å²) < 4.78 is 0. The Morgan fingerprint density at radius 2 is 2.00 bits per heavy atom. The number of carboxylic acid groups (broad SMARTS) is 1. The van der Waals surface area contributed by atoms with Gasteiger partial charge in [-0.1, -0.05) is 13.8 Å². The minimum absolute atomic E-state index is 0.375. The molecule has 2 N–H and O–H groups in total. The summed E-state index contributed by atoms with van der Waals surface area (Å²) in [6.07, 6.45) is 0. The molecule has 0 aromatic carbocycles. The first-order valence-electron chi connectivity index (χ1n) is 5.03. The van der Waals surface area contributed by atoms with Crippen LogP contribution in [0.1, 0.15) is 13.8 Å². The Morgan fingerprint density at radius 1 is 1.44 bits per heavy atom. The smallest absolute Gasteiger partial charge is 0.341 e. The number of carbonyl (C=O) groups excluding carboxylic acids is 1. The average molecular weight is 248 g/mol. The van der Waals surface area contributed by atoms with Crippen molar-refractivity contribution >= 4 is 23.8 Å². The van der Waals surface area contributed by atoms with Gasteiger partial charge in [-0.05, 0) is 0 Å². The molecular formula is C9H16N2O4S. The highest BCUT2D eigenvalue weighted by atomic mass is 32.2. The first-order chi connectivity index (χ1) is 7.49. The van der Waals surface area contributed by atoms with Crippen LogP contribution in [0, 0.1) is 0 Å². The van der Waals surface area contributed by atoms with Crippen molar-refractivity contribution in [1.82, 2.24) is 10.4 Å². The zero-order chi connectivity index (χ0) is 12.1. The SMILES string of the molecule is CC1CN(C(=O)NOCC(=O)O)CC(C)S1. The largest absolute Gasteiger partial charge is 0.479 e. The van der Waals surface area contributed by atoms with Crippen molar-refractivity contribution in [2.75, 3.05) is 19.7 Å². The van der Waals surface area contributed by atoms with Crippen LogP contribution in [0.3, 0.4) is 0 Å². The predicted octanol–water partition coefficient (Wildman–Crippen LogP) is 0.538. The molecule has 0 aromatic rings. The van der Waals surface area contributed by atoms with Crippen LogP contribution in [0.15, 0.2) is 0 Å². The quantitative estimate of drug-likeness (QED) is 0.713. The highest BCUT2D eigenvalue weighted by Crippen LogP contribution is 2.24. The number of nitrogens with zero attached hydrogens (tertiary/aromatic N) is 1. The van der Waals surface area contributed by atoms with E-state index in [0.717, 1.165) is 0 Å². The van der Waals surface area contributed by atoms with E-state index in [9.17, 15) is 9.59 Å². The number of hydrogen-bond donors (Lipinski definition) is 2. The topological polar surface area (TPSA) is 78.9 Å². The van der Waals surface area contributed by atoms with Crippen LogP contribution < -0.4 is 5.48 Å². The van der Waals surface area contributed by atoms with E-state index >= 15 is 0 Å². The van der Waals surface area contributed by atoms with Crippen LogP contribution in [0.5, 0.6) is 0 Å². The Kier molecular flexibility index (Phi) is 4.88. The van der Waals surface area contributed by atoms with Crippen molar-refractivity contribution in [3.05, 3.63) is 0 Å². The van der Waals surface area contributed by atoms with E-state index in [1.165, 1.54) is 0 Å². The zero-order valence-corrected chi connectivity index (χ0v) is 10.1. The summed E-state index contributed by atoms with van der Waals surface area (Å²) in [5.74, 6) is -1.11. The maximum absolute atomic E-state index is 11.6. The van der Waals surface area contributed by atoms with E-state index in [1.54, 1.807) is 4.90 Å². The molecule has 0 aromatic heterocycles. The Bertz CT molecular complexity index is 264. The number of nitrogens with one attached hydrogen (secondary N) is 1. The molecule has 2 atom stereocenters. The minimum Gasteiger partial charge on any atom is -0.479 e. The van der Waals surface area contributed by atoms with Gasteiger partial charge in [-0.15, -0.1) is 0 Å². The average Bonchev–Trinajstić information content (AvgIpc) is 2.15. The molecule has 92 valence electrons. The lowest BCUT2D eigenvalue weighted by Gasteiger charge is -2.34. The van der Waals surface area contributed by atoms with Crippen LogP contribution in [0.25, 0.3) is 0 Å². The molecule has 1 saturated heterocycles. The highest BCUT2D eigenvalue weighted by Gasteiger charge is 2.25. The fourth-order valence-electron chi connectivity index (χ4n) is 1.57. The van der Waals surface area contributed by atoms with Gasteiger partial charge >= 0.3 is 12.0 Å². The maximum Gasteiger partial charge on any atom is 0.341 e. The first-order valence-corrected chi connectivity index (χ1v) is 5.97. The molecule has 1 aliphatic rings. The Balaban J connectivity index is 2.32. The van der Waals surface area contributed by atoms with E-state index in [0.29, 0.717) is 23.6 Å². The van der Waals surface area contributed by atoms with Gasteiger partial charge in [0.15, 0.2) is 6.61 Å². The van der Waals surface area contributed by atoms with Crippen LogP contribution >= 0.6 is 11.8 Å². The summed E-state index contributed by atoms with van der Waals surface area (Å²) in [5, 5.41) is 9.09. The number of rotatable bonds is 3. The van der Waals surface area contributed by atoms with E-state index in [2.05, 4.69) is 24.2 Å². The van der Waals surface area contributed by atoms with E-state index in [4.69, 9.17) is 5.11 Å². The van der Waals surface area contributed by atoms with Crippen molar-refractivity contribution in [3.63, 3.8) is 0 Å². The van der Waals surface area contributed by atoms with E-state index < -0.39 is 12.6 Å². The number of hydroxylamine groups is 1. The molecule has 1 rings (SSSR count). The van der Waals surface area contributed by atoms with Gasteiger partial charge in [0.1, 0.15) is 0 Å². The molecule has 2 unspecified atom stereocenters. The first kappa shape index (κ1) is 13.1. The third-order valence-corrected chi connectivity index (χ3v) is 3.29. The maximum atomic E-state index is 11.6. The molecule has 1 fully saturated rings. The molecule has 1 heterocycles. The minimum atomic E-state index is -1.11. The van der Waals surface area contributed by atoms with Crippen molar-refractivity contribution in [1.29, 1.82) is 0 Å². The van der Waals surface area contributed by atoms with E-state index in [1.807, 2.05) is 11.8 Å². The molecule has 16 heavy (non-hydrogen) atoms. The number of urea groups is 1. The van der Waals surface area contributed by atoms with Gasteiger partial charge < -0.3 is 10.0 Å². The van der Waals surface area contributed by atoms with Crippen LogP contribution in [-0.4, -0.2) is 52.2 Å². The second-order valence-electron chi connectivity index (χ2n) is 3.75. The fraction of sp³-hybridized carbons (Fsp3) is 0.778. The van der Waals surface area contributed by atoms with Crippen molar-refractivity contribution in [2.45, 2.75) is 24.3 Å². The molecule has 2 amide bonds. The third kappa shape index (κ3) is 4.28. The van der Waals surface area contributed by atoms with Gasteiger partial charge in [0.25, 0.3) is 0 Å². The number of thioether (sulfide) groups is 1. The number of carbonyl (C=O) groups is 2. The van der Waals surface area contributed by atoms with Crippen molar-refractivity contribution in [2.24, 2.45) is 0 Å². The van der Waals surface area contributed by atoms with Gasteiger partial charge in [0.05, 0.1) is 0 Å². The lowest BCUT2D eigenvalue weighted by molar-refractivity contribution is -0.144. The molecule has 6 nitrogen and oxygen atoms in total. The lowest BCUT2D eigenvalue weighted by atomic mass is 10.3. The molecule has 0 spiro atoms. The standard InChI is InChI=1S/C9H16N2O4S/c1-6-3-11(4-7(2)16-6)9(14)10-15-5-8(12)13/h6-7H,3-5H2,1-2H3,(H,10,14)(H,12,13). The number of aliphatic carboxylic acids is 1. The second kappa shape index (κ2) is 5.95. The van der Waals surface area contributed by atoms with Gasteiger partial charge in [0, 0.05) is 23.6 Å². The summed E-state index contributed by atoms with van der Waals surface area (Å²) in [6.45, 7) is 4.88. The summed E-state index contributed by atoms with van der Waals surface area (Å²) in [5.41, 5.74) is 2.12. The Labute approximate surface area is 98.3 Å². The van der Waals surface area contributed by atoms with Crippen molar-refractivity contribution < 1.29 is 19.5 Å². The Morgan fingerprint density at radius 3 is 2.50 bits per heavy atom. The van der Waals surface area contributed by atoms with Crippen LogP contribution in [-0.2, 0) is 9.63 Å². The number of carboxylic acids is 1. The molecule has 0 aliphatic carbocycles. The fourth-order valence-corrected chi connectivity index (χ4v) is 2.89. The summed E-state index contributed by atoms with van der Waals surface area (Å²) in [4.78, 5) is 27.9. The highest BCUT2D eigenvalue weighted by molar-refractivity contribution is 8.00. The van der Waals surface area contributed by atoms with E-state index in [-0.39, 0.29) is 6.03 Å². The molecule has 0 saturated carbocycles. The predicted molar refractivity (Wildman–Crippen MR) is 60.2 cm³/mol. The Hall–Kier alpha value is -0.950. The zero-order valence-electron chi connectivity index (χ0n) is 9.30. The summed E-state index contributed by atoms with van der Waals surface area (Å²) in [6, 6.07) is -0.375. The molecular weight excluding hydrogens is 232 g/mol. The molecule has 1 aliphatic heterocycles. The third-order valence-electron chi connectivity index (χ3n) is 2.06. The van der Waals surface area contributed by atoms with Gasteiger partial charge in [-0.3, -0.25) is 4.84 Å². The van der Waals surface area contributed by atoms with Gasteiger partial charge in [0.2, 0.25) is 0 Å². The number of hydrogen-bond acceptors (Lipinski definition) is 4. The second-order valence-corrected chi connectivity index (χ2v) is 5.63. The summed E-state index contributed by atoms with van der Waals surface area (Å²) >= 11 is 1.83. The normalized spacial score (nSPS) is 25.2. The molecule has 0 bridgehead atoms. The molecule has 0 radical (unpaired) electrons. The van der Waals surface area contributed by atoms with Crippen molar-refractivity contribution in [3.8, 4) is 0 Å². The molecule has 7 heteroatoms. The van der Waals surface area contributed by atoms with Crippen LogP contribution in [0.4, 0.5) is 4.79 Å². The van der Waals surface area contributed by atoms with Gasteiger partial charge in [-0.25, -0.2) is 15.1 Å².